The molecule has 1 aromatic heterocycles. The predicted octanol–water partition coefficient (Wildman–Crippen LogP) is 4.73. The Morgan fingerprint density at radius 3 is 2.61 bits per heavy atom. The third-order valence-electron chi connectivity index (χ3n) is 5.15. The monoisotopic (exact) mass is 375 g/mol. The molecule has 28 heavy (non-hydrogen) atoms. The molecule has 0 saturated heterocycles. The molecule has 0 aliphatic heterocycles. The minimum absolute atomic E-state index is 0.132. The number of para-hydroxylation sites is 1. The first-order valence-electron chi connectivity index (χ1n) is 9.89. The zero-order chi connectivity index (χ0) is 19.3. The van der Waals surface area contributed by atoms with E-state index in [1.807, 2.05) is 61.5 Å². The van der Waals surface area contributed by atoms with Gasteiger partial charge in [0.05, 0.1) is 5.69 Å². The first-order chi connectivity index (χ1) is 13.7. The number of carbonyl (C=O) groups is 1. The third-order valence-corrected chi connectivity index (χ3v) is 5.15. The summed E-state index contributed by atoms with van der Waals surface area (Å²) in [5.41, 5.74) is 6.38. The number of benzene rings is 2. The molecule has 0 radical (unpaired) electrons. The Morgan fingerprint density at radius 1 is 1.04 bits per heavy atom. The number of nitrogens with one attached hydrogen (secondary N) is 2. The quantitative estimate of drug-likeness (QED) is 0.648. The normalized spacial score (nSPS) is 15.5. The fraction of sp³-hybridized carbons (Fsp3) is 0.304. The highest BCUT2D eigenvalue weighted by Crippen LogP contribution is 2.19. The van der Waals surface area contributed by atoms with Crippen molar-refractivity contribution < 1.29 is 9.21 Å². The second-order valence-corrected chi connectivity index (χ2v) is 7.40. The van der Waals surface area contributed by atoms with E-state index >= 15 is 0 Å². The van der Waals surface area contributed by atoms with Gasteiger partial charge in [0, 0.05) is 11.4 Å². The van der Waals surface area contributed by atoms with E-state index < -0.39 is 0 Å². The number of hydrogen-bond donors (Lipinski definition) is 2. The van der Waals surface area contributed by atoms with E-state index in [2.05, 4.69) is 15.8 Å². The molecule has 1 saturated carbocycles. The minimum Gasteiger partial charge on any atom is -0.436 e. The molecule has 1 heterocycles. The van der Waals surface area contributed by atoms with Crippen molar-refractivity contribution >= 4 is 22.6 Å². The number of amides is 1. The lowest BCUT2D eigenvalue weighted by molar-refractivity contribution is 0.0923. The van der Waals surface area contributed by atoms with Gasteiger partial charge in [-0.2, -0.15) is 0 Å². The average molecular weight is 375 g/mol. The molecule has 3 aromatic rings. The summed E-state index contributed by atoms with van der Waals surface area (Å²) in [6.07, 6.45) is 5.64. The van der Waals surface area contributed by atoms with Gasteiger partial charge in [0.25, 0.3) is 5.91 Å². The average Bonchev–Trinajstić information content (AvgIpc) is 2.73. The maximum Gasteiger partial charge on any atom is 0.257 e. The van der Waals surface area contributed by atoms with E-state index in [0.29, 0.717) is 11.1 Å². The number of nitrogens with zero attached hydrogens (tertiary/aromatic N) is 1. The second kappa shape index (κ2) is 8.30. The topological polar surface area (TPSA) is 66.6 Å². The molecule has 2 aromatic carbocycles. The SMILES string of the molecule is Cc1ccc2o/c(=N/Nc3ccccc3)c(C(=O)NC3CCCCC3)cc2c1. The first-order valence-corrected chi connectivity index (χ1v) is 9.89. The molecule has 1 aliphatic carbocycles. The van der Waals surface area contributed by atoms with Gasteiger partial charge in [-0.25, -0.2) is 0 Å². The molecular weight excluding hydrogens is 350 g/mol. The van der Waals surface area contributed by atoms with Crippen molar-refractivity contribution in [2.75, 3.05) is 5.43 Å². The largest absolute Gasteiger partial charge is 0.436 e. The predicted molar refractivity (Wildman–Crippen MR) is 111 cm³/mol. The summed E-state index contributed by atoms with van der Waals surface area (Å²) in [4.78, 5) is 13.0. The van der Waals surface area contributed by atoms with Gasteiger partial charge in [0.1, 0.15) is 11.1 Å². The van der Waals surface area contributed by atoms with Crippen molar-refractivity contribution in [3.8, 4) is 0 Å². The molecule has 1 amide bonds. The smallest absolute Gasteiger partial charge is 0.257 e. The first kappa shape index (κ1) is 18.3. The van der Waals surface area contributed by atoms with Crippen LogP contribution in [0.1, 0.15) is 48.0 Å². The number of aryl methyl sites for hydroxylation is 1. The van der Waals surface area contributed by atoms with E-state index in [1.165, 1.54) is 19.3 Å². The van der Waals surface area contributed by atoms with Crippen LogP contribution < -0.4 is 16.3 Å². The van der Waals surface area contributed by atoms with Crippen LogP contribution in [0.3, 0.4) is 0 Å². The molecule has 1 fully saturated rings. The number of fused-ring (bicyclic) bond motifs is 1. The number of carbonyl (C=O) groups excluding carboxylic acids is 1. The van der Waals surface area contributed by atoms with Crippen LogP contribution in [0.5, 0.6) is 0 Å². The zero-order valence-electron chi connectivity index (χ0n) is 16.1. The Kier molecular flexibility index (Phi) is 5.42. The van der Waals surface area contributed by atoms with Crippen molar-refractivity contribution in [1.82, 2.24) is 5.32 Å². The molecule has 2 N–H and O–H groups in total. The Balaban J connectivity index is 1.71. The van der Waals surface area contributed by atoms with Crippen LogP contribution in [-0.2, 0) is 0 Å². The highest BCUT2D eigenvalue weighted by Gasteiger charge is 2.19. The summed E-state index contributed by atoms with van der Waals surface area (Å²) in [6, 6.07) is 17.6. The van der Waals surface area contributed by atoms with Crippen LogP contribution >= 0.6 is 0 Å². The number of rotatable bonds is 4. The van der Waals surface area contributed by atoms with Gasteiger partial charge in [0.15, 0.2) is 0 Å². The highest BCUT2D eigenvalue weighted by atomic mass is 16.3. The summed E-state index contributed by atoms with van der Waals surface area (Å²) in [6.45, 7) is 2.02. The van der Waals surface area contributed by atoms with Crippen molar-refractivity contribution in [2.45, 2.75) is 45.1 Å². The van der Waals surface area contributed by atoms with Crippen LogP contribution in [0.4, 0.5) is 5.69 Å². The molecule has 0 bridgehead atoms. The molecule has 0 atom stereocenters. The van der Waals surface area contributed by atoms with Crippen LogP contribution in [0.15, 0.2) is 64.1 Å². The third kappa shape index (κ3) is 4.25. The fourth-order valence-corrected chi connectivity index (χ4v) is 3.63. The number of anilines is 1. The van der Waals surface area contributed by atoms with Gasteiger partial charge in [-0.3, -0.25) is 10.2 Å². The van der Waals surface area contributed by atoms with Gasteiger partial charge in [-0.05, 0) is 50.1 Å². The lowest BCUT2D eigenvalue weighted by Crippen LogP contribution is -2.38. The Bertz CT molecular complexity index is 1030. The fourth-order valence-electron chi connectivity index (χ4n) is 3.63. The summed E-state index contributed by atoms with van der Waals surface area (Å²) in [7, 11) is 0. The highest BCUT2D eigenvalue weighted by molar-refractivity contribution is 5.96. The molecule has 1 aliphatic rings. The van der Waals surface area contributed by atoms with E-state index in [0.717, 1.165) is 29.5 Å². The van der Waals surface area contributed by atoms with Crippen LogP contribution in [0.25, 0.3) is 11.0 Å². The summed E-state index contributed by atoms with van der Waals surface area (Å²) in [5.74, 6) is -0.132. The zero-order valence-corrected chi connectivity index (χ0v) is 16.1. The summed E-state index contributed by atoms with van der Waals surface area (Å²) < 4.78 is 5.99. The lowest BCUT2D eigenvalue weighted by Gasteiger charge is -2.22. The van der Waals surface area contributed by atoms with Gasteiger partial charge in [0.2, 0.25) is 5.55 Å². The molecule has 5 heteroatoms. The van der Waals surface area contributed by atoms with Crippen LogP contribution in [0, 0.1) is 6.92 Å². The molecule has 4 rings (SSSR count). The van der Waals surface area contributed by atoms with Crippen LogP contribution in [0.2, 0.25) is 0 Å². The maximum absolute atomic E-state index is 13.0. The second-order valence-electron chi connectivity index (χ2n) is 7.40. The Labute approximate surface area is 164 Å². The van der Waals surface area contributed by atoms with Crippen molar-refractivity contribution in [3.63, 3.8) is 0 Å². The summed E-state index contributed by atoms with van der Waals surface area (Å²) >= 11 is 0. The molecule has 5 nitrogen and oxygen atoms in total. The molecule has 0 spiro atoms. The Morgan fingerprint density at radius 2 is 1.82 bits per heavy atom. The standard InChI is InChI=1S/C23H25N3O2/c1-16-12-13-21-17(14-16)15-20(22(27)24-18-8-4-2-5-9-18)23(28-21)26-25-19-10-6-3-7-11-19/h3,6-7,10-15,18,25H,2,4-5,8-9H2,1H3,(H,24,27)/b26-23+. The van der Waals surface area contributed by atoms with E-state index in [1.54, 1.807) is 0 Å². The van der Waals surface area contributed by atoms with E-state index in [4.69, 9.17) is 4.42 Å². The number of hydrogen-bond acceptors (Lipinski definition) is 4. The van der Waals surface area contributed by atoms with E-state index in [-0.39, 0.29) is 17.5 Å². The molecule has 144 valence electrons. The minimum atomic E-state index is -0.132. The lowest BCUT2D eigenvalue weighted by atomic mass is 9.95. The molecular formula is C23H25N3O2. The van der Waals surface area contributed by atoms with Gasteiger partial charge >= 0.3 is 0 Å². The Hall–Kier alpha value is -3.08. The van der Waals surface area contributed by atoms with E-state index in [9.17, 15) is 4.79 Å². The van der Waals surface area contributed by atoms with Gasteiger partial charge < -0.3 is 9.73 Å². The molecule has 0 unspecified atom stereocenters. The van der Waals surface area contributed by atoms with Gasteiger partial charge in [-0.15, -0.1) is 5.10 Å². The summed E-state index contributed by atoms with van der Waals surface area (Å²) in [5, 5.41) is 8.45. The van der Waals surface area contributed by atoms with Crippen molar-refractivity contribution in [1.29, 1.82) is 0 Å². The van der Waals surface area contributed by atoms with Crippen LogP contribution in [-0.4, -0.2) is 11.9 Å². The maximum atomic E-state index is 13.0. The van der Waals surface area contributed by atoms with Crippen molar-refractivity contribution in [3.05, 3.63) is 71.3 Å². The van der Waals surface area contributed by atoms with Gasteiger partial charge in [-0.1, -0.05) is 49.1 Å². The van der Waals surface area contributed by atoms with Crippen molar-refractivity contribution in [2.24, 2.45) is 5.10 Å².